The van der Waals surface area contributed by atoms with Crippen LogP contribution in [0.2, 0.25) is 0 Å². The van der Waals surface area contributed by atoms with E-state index in [1.54, 1.807) is 0 Å². The van der Waals surface area contributed by atoms with Crippen molar-refractivity contribution >= 4 is 32.3 Å². The average Bonchev–Trinajstić information content (AvgIpc) is 1.53. The Kier molecular flexibility index (Phi) is 16.6. The van der Waals surface area contributed by atoms with Gasteiger partial charge in [0.25, 0.3) is 0 Å². The molecule has 12 heteroatoms. The van der Waals surface area contributed by atoms with Gasteiger partial charge in [-0.2, -0.15) is 0 Å². The Morgan fingerprint density at radius 2 is 0.531 bits per heavy atom. The molecule has 12 aromatic rings. The number of nitrogens with zero attached hydrogens (tertiary/aromatic N) is 9. The van der Waals surface area contributed by atoms with E-state index >= 15 is 0 Å². The first-order chi connectivity index (χ1) is 44.5. The number of pyridine rings is 3. The van der Waals surface area contributed by atoms with Gasteiger partial charge in [0.1, 0.15) is 17.5 Å². The SMILES string of the molecule is CC12CCC(C)(c3nc(-c4cc[c-]c(-c5cc6ccccc6cn5)c4)ncc31)C2(C)C.CC12CCC(C)(c3nc(-c4cc[c-]c(-c5cc6ccccc6cn5)c4)ncc31)C2(C)C.CC12CCC(C)(c3nc(-c4cc[c-]c(-c5cc6ccccc6cn5)c4)ncc31)C2(C)C.[Ir].[Ir].[Ir]. The molecule has 6 atom stereocenters. The third-order valence-corrected chi connectivity index (χ3v) is 26.3. The molecule has 3 radical (unpaired) electrons. The van der Waals surface area contributed by atoms with Crippen LogP contribution in [0.25, 0.3) is 100 Å². The fraction of sp³-hybridized carbons (Fsp3) is 0.321. The van der Waals surface area contributed by atoms with Gasteiger partial charge in [-0.1, -0.05) is 191 Å². The predicted octanol–water partition coefficient (Wildman–Crippen LogP) is 19.5. The van der Waals surface area contributed by atoms with E-state index in [0.717, 1.165) is 84.1 Å². The first kappa shape index (κ1) is 67.3. The average molecular weight is 1790 g/mol. The standard InChI is InChI=1S/3C28H26N3.3Ir/c3*1-26(2)27(3)12-13-28(26,4)24-22(27)17-30-25(31-24)20-11-7-10-19(14-20)23-15-18-8-5-6-9-21(18)16-29-23;;;/h3*5-9,11,14-17H,12-13H2,1-4H3;;;/q3*-1;;;. The van der Waals surface area contributed by atoms with Gasteiger partial charge in [0.2, 0.25) is 0 Å². The minimum atomic E-state index is 0. The van der Waals surface area contributed by atoms with Crippen LogP contribution in [0.5, 0.6) is 0 Å². The molecular formula is C84H78Ir3N9-3. The molecule has 0 saturated heterocycles. The van der Waals surface area contributed by atoms with E-state index in [4.69, 9.17) is 29.9 Å². The van der Waals surface area contributed by atoms with E-state index < -0.39 is 0 Å². The summed E-state index contributed by atoms with van der Waals surface area (Å²) in [5, 5.41) is 6.97. The van der Waals surface area contributed by atoms with Gasteiger partial charge in [-0.25, -0.2) is 29.9 Å². The van der Waals surface area contributed by atoms with Crippen molar-refractivity contribution in [2.24, 2.45) is 16.2 Å². The Hall–Kier alpha value is -7.26. The van der Waals surface area contributed by atoms with Gasteiger partial charge < -0.3 is 15.0 Å². The number of hydrogen-bond donors (Lipinski definition) is 0. The van der Waals surface area contributed by atoms with Crippen molar-refractivity contribution in [3.05, 3.63) is 235 Å². The number of rotatable bonds is 6. The molecule has 0 N–H and O–H groups in total. The van der Waals surface area contributed by atoms with Gasteiger partial charge in [0.15, 0.2) is 0 Å². The molecule has 6 aromatic heterocycles. The Balaban J connectivity index is 0.000000128. The minimum absolute atomic E-state index is 0. The van der Waals surface area contributed by atoms with E-state index in [1.807, 2.05) is 55.0 Å². The van der Waals surface area contributed by atoms with Crippen LogP contribution in [0.4, 0.5) is 0 Å². The molecule has 96 heavy (non-hydrogen) atoms. The van der Waals surface area contributed by atoms with Gasteiger partial charge in [0, 0.05) is 130 Å². The van der Waals surface area contributed by atoms with E-state index in [1.165, 1.54) is 88.5 Å². The normalized spacial score (nSPS) is 24.9. The minimum Gasteiger partial charge on any atom is -0.304 e. The van der Waals surface area contributed by atoms with Gasteiger partial charge in [-0.15, -0.1) is 89.5 Å². The van der Waals surface area contributed by atoms with Crippen molar-refractivity contribution in [1.29, 1.82) is 0 Å². The van der Waals surface area contributed by atoms with Gasteiger partial charge >= 0.3 is 0 Å². The molecule has 0 aliphatic heterocycles. The first-order valence-corrected chi connectivity index (χ1v) is 33.3. The zero-order chi connectivity index (χ0) is 64.3. The third-order valence-electron chi connectivity index (χ3n) is 26.3. The molecule has 3 fully saturated rings. The Labute approximate surface area is 605 Å². The summed E-state index contributed by atoms with van der Waals surface area (Å²) < 4.78 is 0. The molecule has 6 aliphatic rings. The summed E-state index contributed by atoms with van der Waals surface area (Å²) in [6.45, 7) is 28.8. The van der Waals surface area contributed by atoms with E-state index in [2.05, 4.69) is 244 Å². The van der Waals surface area contributed by atoms with E-state index in [9.17, 15) is 0 Å². The zero-order valence-corrected chi connectivity index (χ0v) is 63.8. The van der Waals surface area contributed by atoms with E-state index in [0.29, 0.717) is 0 Å². The molecule has 3 saturated carbocycles. The summed E-state index contributed by atoms with van der Waals surface area (Å²) in [5.74, 6) is 2.38. The molecular weight excluding hydrogens is 1710 g/mol. The molecule has 6 heterocycles. The molecule has 6 unspecified atom stereocenters. The largest absolute Gasteiger partial charge is 0.304 e. The Bertz CT molecular complexity index is 4590. The van der Waals surface area contributed by atoms with Gasteiger partial charge in [0.05, 0.1) is 17.1 Å². The Morgan fingerprint density at radius 3 is 0.802 bits per heavy atom. The summed E-state index contributed by atoms with van der Waals surface area (Å²) in [5.41, 5.74) is 17.7. The molecule has 489 valence electrons. The van der Waals surface area contributed by atoms with Crippen LogP contribution in [-0.2, 0) is 92.8 Å². The Morgan fingerprint density at radius 1 is 0.281 bits per heavy atom. The van der Waals surface area contributed by atoms with Crippen LogP contribution in [0.3, 0.4) is 0 Å². The van der Waals surface area contributed by atoms with Crippen LogP contribution in [0.15, 0.2) is 183 Å². The smallest absolute Gasteiger partial charge is 0.141 e. The van der Waals surface area contributed by atoms with Crippen LogP contribution in [0.1, 0.15) is 155 Å². The first-order valence-electron chi connectivity index (χ1n) is 33.3. The monoisotopic (exact) mass is 1790 g/mol. The third kappa shape index (κ3) is 9.67. The molecule has 6 bridgehead atoms. The summed E-state index contributed by atoms with van der Waals surface area (Å²) >= 11 is 0. The van der Waals surface area contributed by atoms with Crippen molar-refractivity contribution in [2.45, 2.75) is 154 Å². The molecule has 6 aromatic carbocycles. The van der Waals surface area contributed by atoms with Crippen LogP contribution in [0, 0.1) is 34.4 Å². The maximum atomic E-state index is 5.16. The maximum Gasteiger partial charge on any atom is 0.141 e. The topological polar surface area (TPSA) is 116 Å². The quantitative estimate of drug-likeness (QED) is 0.150. The second-order valence-corrected chi connectivity index (χ2v) is 30.5. The van der Waals surface area contributed by atoms with Crippen molar-refractivity contribution in [3.63, 3.8) is 0 Å². The summed E-state index contributed by atoms with van der Waals surface area (Å²) in [4.78, 5) is 43.9. The van der Waals surface area contributed by atoms with Crippen LogP contribution < -0.4 is 0 Å². The summed E-state index contributed by atoms with van der Waals surface area (Å²) in [6.07, 6.45) is 19.3. The van der Waals surface area contributed by atoms with Gasteiger partial charge in [-0.05, 0) is 121 Å². The molecule has 0 spiro atoms. The maximum absolute atomic E-state index is 5.16. The van der Waals surface area contributed by atoms with Gasteiger partial charge in [-0.3, -0.25) is 0 Å². The van der Waals surface area contributed by atoms with Crippen LogP contribution >= 0.6 is 0 Å². The van der Waals surface area contributed by atoms with Crippen molar-refractivity contribution < 1.29 is 60.3 Å². The molecule has 18 rings (SSSR count). The predicted molar refractivity (Wildman–Crippen MR) is 374 cm³/mol. The molecule has 6 aliphatic carbocycles. The second-order valence-electron chi connectivity index (χ2n) is 30.5. The summed E-state index contributed by atoms with van der Waals surface area (Å²) in [7, 11) is 0. The molecule has 9 nitrogen and oxygen atoms in total. The zero-order valence-electron chi connectivity index (χ0n) is 56.6. The number of hydrogen-bond acceptors (Lipinski definition) is 9. The van der Waals surface area contributed by atoms with Crippen molar-refractivity contribution in [1.82, 2.24) is 44.9 Å². The van der Waals surface area contributed by atoms with Crippen LogP contribution in [-0.4, -0.2) is 44.9 Å². The van der Waals surface area contributed by atoms with E-state index in [-0.39, 0.29) is 109 Å². The molecule has 0 amide bonds. The fourth-order valence-corrected chi connectivity index (χ4v) is 17.8. The second kappa shape index (κ2) is 23.7. The van der Waals surface area contributed by atoms with Crippen molar-refractivity contribution in [2.75, 3.05) is 0 Å². The number of aromatic nitrogens is 9. The summed E-state index contributed by atoms with van der Waals surface area (Å²) in [6, 6.07) is 59.7. The number of fused-ring (bicyclic) bond motifs is 18. The van der Waals surface area contributed by atoms with Crippen molar-refractivity contribution in [3.8, 4) is 67.9 Å². The number of benzene rings is 6. The fourth-order valence-electron chi connectivity index (χ4n) is 17.8.